The summed E-state index contributed by atoms with van der Waals surface area (Å²) >= 11 is 0. The van der Waals surface area contributed by atoms with Crippen molar-refractivity contribution in [3.8, 4) is 11.8 Å². The predicted molar refractivity (Wildman–Crippen MR) is 66.3 cm³/mol. The van der Waals surface area contributed by atoms with Crippen molar-refractivity contribution in [1.82, 2.24) is 0 Å². The zero-order chi connectivity index (χ0) is 14.5. The van der Waals surface area contributed by atoms with Crippen LogP contribution in [0.5, 0.6) is 5.75 Å². The lowest BCUT2D eigenvalue weighted by Crippen LogP contribution is -2.08. The van der Waals surface area contributed by atoms with Crippen molar-refractivity contribution in [3.63, 3.8) is 0 Å². The monoisotopic (exact) mass is 275 g/mol. The minimum absolute atomic E-state index is 0.0936. The molecule has 0 radical (unpaired) electrons. The predicted octanol–water partition coefficient (Wildman–Crippen LogP) is 1.72. The molecular formula is C14H10FNO4. The van der Waals surface area contributed by atoms with E-state index in [1.807, 2.05) is 6.07 Å². The van der Waals surface area contributed by atoms with Crippen LogP contribution in [0, 0.1) is 17.1 Å². The zero-order valence-electron chi connectivity index (χ0n) is 10.3. The summed E-state index contributed by atoms with van der Waals surface area (Å²) in [7, 11) is 0. The van der Waals surface area contributed by atoms with Crippen LogP contribution >= 0.6 is 0 Å². The lowest BCUT2D eigenvalue weighted by atomic mass is 10.1. The summed E-state index contributed by atoms with van der Waals surface area (Å²) in [6.45, 7) is -0.598. The topological polar surface area (TPSA) is 83.5 Å². The van der Waals surface area contributed by atoms with Crippen LogP contribution in [0.3, 0.4) is 0 Å². The maximum atomic E-state index is 13.5. The second kappa shape index (κ2) is 5.99. The quantitative estimate of drug-likeness (QED) is 0.918. The summed E-state index contributed by atoms with van der Waals surface area (Å²) < 4.78 is 23.6. The minimum atomic E-state index is -0.527. The third-order valence-electron chi connectivity index (χ3n) is 2.57. The molecule has 0 bridgehead atoms. The SMILES string of the molecule is N#Cc1ccc(F)c(COc2coc(CO)cc2=O)c1. The molecule has 0 aliphatic carbocycles. The van der Waals surface area contributed by atoms with E-state index >= 15 is 0 Å². The molecule has 20 heavy (non-hydrogen) atoms. The van der Waals surface area contributed by atoms with Crippen molar-refractivity contribution in [1.29, 1.82) is 5.26 Å². The number of rotatable bonds is 4. The Balaban J connectivity index is 2.17. The zero-order valence-corrected chi connectivity index (χ0v) is 10.3. The Morgan fingerprint density at radius 1 is 1.40 bits per heavy atom. The molecule has 1 N–H and O–H groups in total. The van der Waals surface area contributed by atoms with Gasteiger partial charge in [0.1, 0.15) is 31.1 Å². The number of aliphatic hydroxyl groups excluding tert-OH is 1. The molecule has 0 aliphatic rings. The normalized spacial score (nSPS) is 10.1. The highest BCUT2D eigenvalue weighted by Gasteiger charge is 2.08. The van der Waals surface area contributed by atoms with Crippen LogP contribution in [0.15, 0.2) is 39.7 Å². The van der Waals surface area contributed by atoms with E-state index < -0.39 is 17.9 Å². The van der Waals surface area contributed by atoms with Crippen molar-refractivity contribution in [2.24, 2.45) is 0 Å². The average Bonchev–Trinajstić information content (AvgIpc) is 2.47. The number of hydrogen-bond acceptors (Lipinski definition) is 5. The number of ether oxygens (including phenoxy) is 1. The van der Waals surface area contributed by atoms with Gasteiger partial charge in [-0.25, -0.2) is 4.39 Å². The van der Waals surface area contributed by atoms with Gasteiger partial charge in [0.25, 0.3) is 0 Å². The number of halogens is 1. The first-order valence-electron chi connectivity index (χ1n) is 5.68. The van der Waals surface area contributed by atoms with Crippen LogP contribution < -0.4 is 10.2 Å². The van der Waals surface area contributed by atoms with Gasteiger partial charge in [0.2, 0.25) is 11.2 Å². The molecule has 1 heterocycles. The Morgan fingerprint density at radius 3 is 2.85 bits per heavy atom. The fourth-order valence-corrected chi connectivity index (χ4v) is 1.54. The van der Waals surface area contributed by atoms with Crippen LogP contribution in [0.2, 0.25) is 0 Å². The van der Waals surface area contributed by atoms with Crippen LogP contribution in [0.1, 0.15) is 16.9 Å². The highest BCUT2D eigenvalue weighted by Crippen LogP contribution is 2.13. The fourth-order valence-electron chi connectivity index (χ4n) is 1.54. The molecule has 0 saturated heterocycles. The molecule has 5 nitrogen and oxygen atoms in total. The van der Waals surface area contributed by atoms with Crippen molar-refractivity contribution >= 4 is 0 Å². The molecule has 1 aromatic carbocycles. The van der Waals surface area contributed by atoms with Gasteiger partial charge in [-0.3, -0.25) is 4.79 Å². The van der Waals surface area contributed by atoms with E-state index in [-0.39, 0.29) is 23.7 Å². The van der Waals surface area contributed by atoms with Gasteiger partial charge in [-0.1, -0.05) is 0 Å². The molecule has 2 rings (SSSR count). The number of benzene rings is 1. The van der Waals surface area contributed by atoms with E-state index in [0.29, 0.717) is 5.56 Å². The largest absolute Gasteiger partial charge is 0.482 e. The molecule has 1 aromatic heterocycles. The summed E-state index contributed by atoms with van der Waals surface area (Å²) in [4.78, 5) is 11.6. The molecule has 0 atom stereocenters. The summed E-state index contributed by atoms with van der Waals surface area (Å²) in [5, 5.41) is 17.5. The molecule has 0 aliphatic heterocycles. The Kier molecular flexibility index (Phi) is 4.13. The molecule has 0 spiro atoms. The summed E-state index contributed by atoms with van der Waals surface area (Å²) in [6.07, 6.45) is 1.06. The third kappa shape index (κ3) is 3.02. The van der Waals surface area contributed by atoms with Gasteiger partial charge in [0, 0.05) is 11.6 Å². The molecule has 102 valence electrons. The van der Waals surface area contributed by atoms with Crippen molar-refractivity contribution in [3.05, 3.63) is 63.5 Å². The molecule has 0 amide bonds. The van der Waals surface area contributed by atoms with Gasteiger partial charge in [-0.05, 0) is 18.2 Å². The van der Waals surface area contributed by atoms with E-state index in [0.717, 1.165) is 18.4 Å². The summed E-state index contributed by atoms with van der Waals surface area (Å²) in [5.74, 6) is -0.510. The van der Waals surface area contributed by atoms with E-state index in [1.165, 1.54) is 12.1 Å². The minimum Gasteiger partial charge on any atom is -0.482 e. The van der Waals surface area contributed by atoms with Gasteiger partial charge >= 0.3 is 0 Å². The van der Waals surface area contributed by atoms with E-state index in [2.05, 4.69) is 0 Å². The second-order valence-corrected chi connectivity index (χ2v) is 3.94. The van der Waals surface area contributed by atoms with Crippen molar-refractivity contribution in [2.75, 3.05) is 0 Å². The van der Waals surface area contributed by atoms with Crippen molar-refractivity contribution in [2.45, 2.75) is 13.2 Å². The Labute approximate surface area is 113 Å². The molecule has 2 aromatic rings. The highest BCUT2D eigenvalue weighted by molar-refractivity contribution is 5.33. The number of nitrogens with zero attached hydrogens (tertiary/aromatic N) is 1. The standard InChI is InChI=1S/C14H10FNO4/c15-12-2-1-9(5-16)3-10(12)7-20-14-8-19-11(6-17)4-13(14)18/h1-4,8,17H,6-7H2. The molecular weight excluding hydrogens is 265 g/mol. The van der Waals surface area contributed by atoms with Gasteiger partial charge in [0.15, 0.2) is 0 Å². The number of nitriles is 1. The number of hydrogen-bond donors (Lipinski definition) is 1. The third-order valence-corrected chi connectivity index (χ3v) is 2.57. The Morgan fingerprint density at radius 2 is 2.20 bits per heavy atom. The molecule has 6 heteroatoms. The Hall–Kier alpha value is -2.65. The Bertz CT molecular complexity index is 718. The average molecular weight is 275 g/mol. The van der Waals surface area contributed by atoms with Crippen LogP contribution in [0.25, 0.3) is 0 Å². The highest BCUT2D eigenvalue weighted by atomic mass is 19.1. The molecule has 0 fully saturated rings. The first-order valence-corrected chi connectivity index (χ1v) is 5.68. The molecule has 0 saturated carbocycles. The maximum absolute atomic E-state index is 13.5. The van der Waals surface area contributed by atoms with Gasteiger partial charge in [-0.15, -0.1) is 0 Å². The van der Waals surface area contributed by atoms with Gasteiger partial charge < -0.3 is 14.3 Å². The van der Waals surface area contributed by atoms with E-state index in [4.69, 9.17) is 19.5 Å². The van der Waals surface area contributed by atoms with Crippen LogP contribution in [0.4, 0.5) is 4.39 Å². The summed E-state index contributed by atoms with van der Waals surface area (Å²) in [6, 6.07) is 6.84. The smallest absolute Gasteiger partial charge is 0.227 e. The lowest BCUT2D eigenvalue weighted by molar-refractivity contribution is 0.235. The summed E-state index contributed by atoms with van der Waals surface area (Å²) in [5.41, 5.74) is -0.0144. The maximum Gasteiger partial charge on any atom is 0.227 e. The van der Waals surface area contributed by atoms with E-state index in [1.54, 1.807) is 0 Å². The number of aliphatic hydroxyl groups is 1. The molecule has 0 unspecified atom stereocenters. The van der Waals surface area contributed by atoms with Crippen LogP contribution in [-0.2, 0) is 13.2 Å². The van der Waals surface area contributed by atoms with Gasteiger partial charge in [0.05, 0.1) is 11.6 Å². The first kappa shape index (κ1) is 13.8. The fraction of sp³-hybridized carbons (Fsp3) is 0.143. The lowest BCUT2D eigenvalue weighted by Gasteiger charge is -2.06. The first-order chi connectivity index (χ1) is 9.63. The van der Waals surface area contributed by atoms with Crippen LogP contribution in [-0.4, -0.2) is 5.11 Å². The van der Waals surface area contributed by atoms with E-state index in [9.17, 15) is 9.18 Å². The van der Waals surface area contributed by atoms with Gasteiger partial charge in [-0.2, -0.15) is 5.26 Å². The second-order valence-electron chi connectivity index (χ2n) is 3.94. The van der Waals surface area contributed by atoms with Crippen molar-refractivity contribution < 1.29 is 18.7 Å².